The van der Waals surface area contributed by atoms with E-state index in [9.17, 15) is 9.59 Å². The number of hydrogen-bond donors (Lipinski definition) is 1. The molecule has 0 atom stereocenters. The van der Waals surface area contributed by atoms with E-state index in [0.717, 1.165) is 0 Å². The van der Waals surface area contributed by atoms with Crippen LogP contribution in [-0.4, -0.2) is 29.9 Å². The van der Waals surface area contributed by atoms with Gasteiger partial charge in [-0.2, -0.15) is 5.10 Å². The van der Waals surface area contributed by atoms with Gasteiger partial charge in [-0.05, 0) is 24.3 Å². The van der Waals surface area contributed by atoms with E-state index in [1.54, 1.807) is 42.1 Å². The first kappa shape index (κ1) is 17.5. The summed E-state index contributed by atoms with van der Waals surface area (Å²) in [4.78, 5) is 24.2. The van der Waals surface area contributed by atoms with Crippen molar-refractivity contribution in [2.45, 2.75) is 13.0 Å². The number of ether oxygens (including phenoxy) is 2. The summed E-state index contributed by atoms with van der Waals surface area (Å²) in [5.74, 6) is 0.974. The second-order valence-corrected chi connectivity index (χ2v) is 5.61. The molecule has 0 saturated carbocycles. The van der Waals surface area contributed by atoms with Gasteiger partial charge in [0.05, 0.1) is 38.2 Å². The number of nitrogens with one attached hydrogen (secondary N) is 1. The molecule has 0 bridgehead atoms. The highest BCUT2D eigenvalue weighted by atomic mass is 16.5. The smallest absolute Gasteiger partial charge is 0.226 e. The van der Waals surface area contributed by atoms with Crippen LogP contribution in [0.4, 0.5) is 5.69 Å². The molecular weight excluding hydrogens is 334 g/mol. The Morgan fingerprint density at radius 3 is 2.73 bits per heavy atom. The summed E-state index contributed by atoms with van der Waals surface area (Å²) in [6.07, 6.45) is 1.46. The monoisotopic (exact) mass is 353 g/mol. The summed E-state index contributed by atoms with van der Waals surface area (Å²) in [6.45, 7) is 0.346. The third kappa shape index (κ3) is 3.66. The Bertz CT molecular complexity index is 997. The fraction of sp³-hybridized carbons (Fsp3) is 0.211. The number of methoxy groups -OCH3 is 2. The largest absolute Gasteiger partial charge is 0.497 e. The van der Waals surface area contributed by atoms with Crippen molar-refractivity contribution >= 4 is 22.5 Å². The summed E-state index contributed by atoms with van der Waals surface area (Å²) >= 11 is 0. The molecule has 7 nitrogen and oxygen atoms in total. The lowest BCUT2D eigenvalue weighted by Gasteiger charge is -2.12. The maximum atomic E-state index is 12.3. The van der Waals surface area contributed by atoms with E-state index in [2.05, 4.69) is 10.4 Å². The molecule has 1 amide bonds. The molecule has 7 heteroatoms. The van der Waals surface area contributed by atoms with Gasteiger partial charge in [0.1, 0.15) is 11.5 Å². The molecule has 3 aromatic rings. The normalized spacial score (nSPS) is 10.5. The van der Waals surface area contributed by atoms with Crippen molar-refractivity contribution in [1.29, 1.82) is 0 Å². The number of carbonyl (C=O) groups excluding carboxylic acids is 1. The fourth-order valence-corrected chi connectivity index (χ4v) is 2.67. The number of aryl methyl sites for hydroxylation is 1. The van der Waals surface area contributed by atoms with Crippen LogP contribution in [0.15, 0.2) is 53.5 Å². The maximum Gasteiger partial charge on any atom is 0.226 e. The van der Waals surface area contributed by atoms with Crippen LogP contribution in [0, 0.1) is 0 Å². The topological polar surface area (TPSA) is 82.4 Å². The first-order chi connectivity index (χ1) is 12.6. The minimum atomic E-state index is -0.193. The van der Waals surface area contributed by atoms with Gasteiger partial charge in [0.25, 0.3) is 0 Å². The van der Waals surface area contributed by atoms with Gasteiger partial charge in [-0.15, -0.1) is 0 Å². The summed E-state index contributed by atoms with van der Waals surface area (Å²) in [5, 5.41) is 7.53. The molecule has 0 radical (unpaired) electrons. The Morgan fingerprint density at radius 1 is 1.15 bits per heavy atom. The maximum absolute atomic E-state index is 12.3. The highest BCUT2D eigenvalue weighted by Gasteiger charge is 2.10. The third-order valence-corrected chi connectivity index (χ3v) is 3.99. The summed E-state index contributed by atoms with van der Waals surface area (Å²) in [6, 6.07) is 12.4. The predicted molar refractivity (Wildman–Crippen MR) is 98.8 cm³/mol. The molecule has 1 N–H and O–H groups in total. The van der Waals surface area contributed by atoms with Crippen molar-refractivity contribution in [3.8, 4) is 11.5 Å². The molecule has 2 aromatic carbocycles. The quantitative estimate of drug-likeness (QED) is 0.736. The van der Waals surface area contributed by atoms with Gasteiger partial charge >= 0.3 is 0 Å². The summed E-state index contributed by atoms with van der Waals surface area (Å²) in [7, 11) is 3.09. The molecular formula is C19H19N3O4. The second-order valence-electron chi connectivity index (χ2n) is 5.61. The van der Waals surface area contributed by atoms with E-state index in [-0.39, 0.29) is 17.8 Å². The zero-order valence-electron chi connectivity index (χ0n) is 14.6. The van der Waals surface area contributed by atoms with Crippen LogP contribution in [0.2, 0.25) is 0 Å². The van der Waals surface area contributed by atoms with Gasteiger partial charge in [-0.3, -0.25) is 14.3 Å². The van der Waals surface area contributed by atoms with Crippen molar-refractivity contribution in [2.24, 2.45) is 0 Å². The Morgan fingerprint density at radius 2 is 1.96 bits per heavy atom. The van der Waals surface area contributed by atoms with Crippen molar-refractivity contribution in [3.63, 3.8) is 0 Å². The molecule has 1 aromatic heterocycles. The van der Waals surface area contributed by atoms with Crippen LogP contribution in [0.3, 0.4) is 0 Å². The molecule has 0 spiro atoms. The number of anilines is 1. The van der Waals surface area contributed by atoms with E-state index in [1.807, 2.05) is 12.1 Å². The molecule has 0 aliphatic rings. The number of carbonyl (C=O) groups is 1. The Hall–Kier alpha value is -3.35. The number of amides is 1. The molecule has 0 saturated heterocycles. The molecule has 134 valence electrons. The molecule has 3 rings (SSSR count). The van der Waals surface area contributed by atoms with Crippen molar-refractivity contribution < 1.29 is 14.3 Å². The Kier molecular flexibility index (Phi) is 5.17. The summed E-state index contributed by atoms with van der Waals surface area (Å²) in [5.41, 5.74) is 1.10. The van der Waals surface area contributed by atoms with E-state index >= 15 is 0 Å². The van der Waals surface area contributed by atoms with E-state index in [4.69, 9.17) is 9.47 Å². The fourth-order valence-electron chi connectivity index (χ4n) is 2.67. The van der Waals surface area contributed by atoms with Crippen LogP contribution >= 0.6 is 0 Å². The van der Waals surface area contributed by atoms with Crippen LogP contribution in [-0.2, 0) is 11.3 Å². The van der Waals surface area contributed by atoms with E-state index in [0.29, 0.717) is 34.6 Å². The minimum Gasteiger partial charge on any atom is -0.497 e. The van der Waals surface area contributed by atoms with Crippen molar-refractivity contribution in [2.75, 3.05) is 19.5 Å². The number of para-hydroxylation sites is 1. The first-order valence-electron chi connectivity index (χ1n) is 8.09. The lowest BCUT2D eigenvalue weighted by Crippen LogP contribution is -2.18. The van der Waals surface area contributed by atoms with Gasteiger partial charge in [-0.1, -0.05) is 12.1 Å². The van der Waals surface area contributed by atoms with Gasteiger partial charge in [0.15, 0.2) is 0 Å². The SMILES string of the molecule is COc1ccc(OC)c(NC(=O)CCn2ncc(=O)c3ccccc32)c1. The predicted octanol–water partition coefficient (Wildman–Crippen LogP) is 2.44. The van der Waals surface area contributed by atoms with Crippen LogP contribution in [0.25, 0.3) is 10.9 Å². The Balaban J connectivity index is 1.74. The third-order valence-electron chi connectivity index (χ3n) is 3.99. The van der Waals surface area contributed by atoms with Crippen LogP contribution in [0.5, 0.6) is 11.5 Å². The van der Waals surface area contributed by atoms with Crippen LogP contribution in [0.1, 0.15) is 6.42 Å². The van der Waals surface area contributed by atoms with Crippen LogP contribution < -0.4 is 20.2 Å². The number of hydrogen-bond acceptors (Lipinski definition) is 5. The molecule has 0 aliphatic carbocycles. The highest BCUT2D eigenvalue weighted by molar-refractivity contribution is 5.92. The van der Waals surface area contributed by atoms with Gasteiger partial charge < -0.3 is 14.8 Å². The van der Waals surface area contributed by atoms with E-state index < -0.39 is 0 Å². The average molecular weight is 353 g/mol. The van der Waals surface area contributed by atoms with Gasteiger partial charge in [0, 0.05) is 17.9 Å². The molecule has 0 unspecified atom stereocenters. The Labute approximate surface area is 150 Å². The highest BCUT2D eigenvalue weighted by Crippen LogP contribution is 2.28. The zero-order chi connectivity index (χ0) is 18.5. The first-order valence-corrected chi connectivity index (χ1v) is 8.09. The lowest BCUT2D eigenvalue weighted by atomic mass is 10.2. The lowest BCUT2D eigenvalue weighted by molar-refractivity contribution is -0.116. The number of fused-ring (bicyclic) bond motifs is 1. The number of benzene rings is 2. The van der Waals surface area contributed by atoms with Gasteiger partial charge in [-0.25, -0.2) is 0 Å². The van der Waals surface area contributed by atoms with Crippen molar-refractivity contribution in [1.82, 2.24) is 9.78 Å². The number of nitrogens with zero attached hydrogens (tertiary/aromatic N) is 2. The molecule has 0 aliphatic heterocycles. The number of aromatic nitrogens is 2. The van der Waals surface area contributed by atoms with Crippen molar-refractivity contribution in [3.05, 3.63) is 58.9 Å². The zero-order valence-corrected chi connectivity index (χ0v) is 14.6. The second kappa shape index (κ2) is 7.69. The standard InChI is InChI=1S/C19H19N3O4/c1-25-13-7-8-18(26-2)15(11-13)21-19(24)9-10-22-16-6-4-3-5-14(16)17(23)12-20-22/h3-8,11-12H,9-10H2,1-2H3,(H,21,24). The number of rotatable bonds is 6. The summed E-state index contributed by atoms with van der Waals surface area (Å²) < 4.78 is 12.1. The minimum absolute atomic E-state index is 0.137. The molecule has 26 heavy (non-hydrogen) atoms. The van der Waals surface area contributed by atoms with E-state index in [1.165, 1.54) is 13.3 Å². The van der Waals surface area contributed by atoms with Gasteiger partial charge in [0.2, 0.25) is 11.3 Å². The average Bonchev–Trinajstić information content (AvgIpc) is 2.67. The molecule has 1 heterocycles. The molecule has 0 fully saturated rings.